The maximum absolute atomic E-state index is 12.1. The van der Waals surface area contributed by atoms with Gasteiger partial charge in [-0.2, -0.15) is 11.8 Å². The van der Waals surface area contributed by atoms with Gasteiger partial charge in [0.05, 0.1) is 5.69 Å². The van der Waals surface area contributed by atoms with Crippen molar-refractivity contribution in [3.63, 3.8) is 0 Å². The fourth-order valence-electron chi connectivity index (χ4n) is 1.16. The predicted octanol–water partition coefficient (Wildman–Crippen LogP) is 2.34. The summed E-state index contributed by atoms with van der Waals surface area (Å²) in [5, 5.41) is 0.341. The Kier molecular flexibility index (Phi) is 4.94. The van der Waals surface area contributed by atoms with Gasteiger partial charge in [0.25, 0.3) is 0 Å². The summed E-state index contributed by atoms with van der Waals surface area (Å²) in [6.07, 6.45) is 1.93. The van der Waals surface area contributed by atoms with Crippen LogP contribution in [0.15, 0.2) is 23.1 Å². The number of thioether (sulfide) groups is 1. The smallest absolute Gasteiger partial charge is 0.242 e. The summed E-state index contributed by atoms with van der Waals surface area (Å²) >= 11 is 7.37. The number of nitrogens with one attached hydrogen (secondary N) is 1. The van der Waals surface area contributed by atoms with Gasteiger partial charge >= 0.3 is 0 Å². The van der Waals surface area contributed by atoms with E-state index < -0.39 is 10.0 Å². The lowest BCUT2D eigenvalue weighted by atomic mass is 10.2. The molecule has 1 aromatic rings. The number of hydrogen-bond donors (Lipinski definition) is 2. The molecule has 7 heteroatoms. The first kappa shape index (κ1) is 15.6. The second-order valence-electron chi connectivity index (χ2n) is 4.47. The summed E-state index contributed by atoms with van der Waals surface area (Å²) in [7, 11) is -3.63. The van der Waals surface area contributed by atoms with Gasteiger partial charge in [0.2, 0.25) is 10.0 Å². The lowest BCUT2D eigenvalue weighted by Gasteiger charge is -2.22. The molecule has 0 aliphatic heterocycles. The summed E-state index contributed by atoms with van der Waals surface area (Å²) in [5.41, 5.74) is 5.85. The minimum atomic E-state index is -3.63. The third-order valence-electron chi connectivity index (χ3n) is 2.51. The highest BCUT2D eigenvalue weighted by atomic mass is 35.5. The molecule has 0 aliphatic carbocycles. The fraction of sp³-hybridized carbons (Fsp3) is 0.455. The van der Waals surface area contributed by atoms with Crippen LogP contribution in [0, 0.1) is 0 Å². The molecule has 18 heavy (non-hydrogen) atoms. The zero-order valence-electron chi connectivity index (χ0n) is 10.5. The quantitative estimate of drug-likeness (QED) is 0.819. The molecule has 1 rings (SSSR count). The van der Waals surface area contributed by atoms with E-state index in [1.165, 1.54) is 12.1 Å². The SMILES string of the molecule is CSC(C)(C)CNS(=O)(=O)c1cc(Cl)ccc1N. The zero-order chi connectivity index (χ0) is 14.0. The van der Waals surface area contributed by atoms with E-state index in [0.29, 0.717) is 11.6 Å². The van der Waals surface area contributed by atoms with Crippen LogP contribution in [-0.4, -0.2) is 26.0 Å². The Morgan fingerprint density at radius 3 is 2.61 bits per heavy atom. The molecule has 0 aromatic heterocycles. The van der Waals surface area contributed by atoms with Crippen LogP contribution in [0.4, 0.5) is 5.69 Å². The first-order valence-electron chi connectivity index (χ1n) is 5.28. The number of hydrogen-bond acceptors (Lipinski definition) is 4. The molecule has 0 unspecified atom stereocenters. The second kappa shape index (κ2) is 5.69. The van der Waals surface area contributed by atoms with Crippen LogP contribution in [0.3, 0.4) is 0 Å². The molecular formula is C11H17ClN2O2S2. The Morgan fingerprint density at radius 1 is 1.44 bits per heavy atom. The Bertz CT molecular complexity index is 530. The molecule has 0 fully saturated rings. The van der Waals surface area contributed by atoms with E-state index in [0.717, 1.165) is 0 Å². The van der Waals surface area contributed by atoms with Gasteiger partial charge in [0.15, 0.2) is 0 Å². The molecule has 0 bridgehead atoms. The van der Waals surface area contributed by atoms with Crippen molar-refractivity contribution in [2.24, 2.45) is 0 Å². The number of nitrogens with two attached hydrogens (primary N) is 1. The van der Waals surface area contributed by atoms with Crippen LogP contribution >= 0.6 is 23.4 Å². The molecule has 1 aromatic carbocycles. The molecule has 0 atom stereocenters. The lowest BCUT2D eigenvalue weighted by Crippen LogP contribution is -2.36. The number of nitrogen functional groups attached to an aromatic ring is 1. The van der Waals surface area contributed by atoms with E-state index in [1.807, 2.05) is 20.1 Å². The predicted molar refractivity (Wildman–Crippen MR) is 78.6 cm³/mol. The fourth-order valence-corrected chi connectivity index (χ4v) is 3.07. The summed E-state index contributed by atoms with van der Waals surface area (Å²) in [6.45, 7) is 4.24. The van der Waals surface area contributed by atoms with Gasteiger partial charge in [0, 0.05) is 16.3 Å². The van der Waals surface area contributed by atoms with E-state index in [2.05, 4.69) is 4.72 Å². The average Bonchev–Trinajstić information content (AvgIpc) is 2.30. The minimum Gasteiger partial charge on any atom is -0.398 e. The maximum atomic E-state index is 12.1. The Morgan fingerprint density at radius 2 is 2.06 bits per heavy atom. The highest BCUT2D eigenvalue weighted by molar-refractivity contribution is 8.00. The van der Waals surface area contributed by atoms with Crippen LogP contribution in [0.2, 0.25) is 5.02 Å². The number of sulfonamides is 1. The minimum absolute atomic E-state index is 0.0203. The Balaban J connectivity index is 2.97. The molecule has 102 valence electrons. The van der Waals surface area contributed by atoms with Crippen molar-refractivity contribution >= 4 is 39.1 Å². The van der Waals surface area contributed by atoms with Crippen LogP contribution in [0.5, 0.6) is 0 Å². The highest BCUT2D eigenvalue weighted by Gasteiger charge is 2.23. The normalized spacial score (nSPS) is 12.7. The van der Waals surface area contributed by atoms with Crippen LogP contribution in [0.25, 0.3) is 0 Å². The summed E-state index contributed by atoms with van der Waals surface area (Å²) < 4.78 is 26.6. The highest BCUT2D eigenvalue weighted by Crippen LogP contribution is 2.24. The first-order chi connectivity index (χ1) is 8.18. The molecular weight excluding hydrogens is 292 g/mol. The van der Waals surface area contributed by atoms with Crippen LogP contribution in [0.1, 0.15) is 13.8 Å². The van der Waals surface area contributed by atoms with Gasteiger partial charge in [-0.05, 0) is 38.3 Å². The van der Waals surface area contributed by atoms with Crippen molar-refractivity contribution in [3.8, 4) is 0 Å². The van der Waals surface area contributed by atoms with Crippen molar-refractivity contribution in [3.05, 3.63) is 23.2 Å². The summed E-state index contributed by atoms with van der Waals surface area (Å²) in [6, 6.07) is 4.39. The molecule has 0 heterocycles. The van der Waals surface area contributed by atoms with Gasteiger partial charge in [0.1, 0.15) is 4.90 Å². The molecule has 3 N–H and O–H groups in total. The van der Waals surface area contributed by atoms with Crippen molar-refractivity contribution < 1.29 is 8.42 Å². The zero-order valence-corrected chi connectivity index (χ0v) is 12.9. The Hall–Kier alpha value is -0.430. The molecule has 0 radical (unpaired) electrons. The van der Waals surface area contributed by atoms with Crippen LogP contribution < -0.4 is 10.5 Å². The van der Waals surface area contributed by atoms with E-state index in [4.69, 9.17) is 17.3 Å². The van der Waals surface area contributed by atoms with Gasteiger partial charge in [-0.25, -0.2) is 13.1 Å². The van der Waals surface area contributed by atoms with Gasteiger partial charge in [-0.1, -0.05) is 11.6 Å². The third kappa shape index (κ3) is 4.05. The van der Waals surface area contributed by atoms with E-state index in [1.54, 1.807) is 17.8 Å². The molecule has 0 aliphatic rings. The topological polar surface area (TPSA) is 72.2 Å². The number of benzene rings is 1. The molecule has 0 spiro atoms. The average molecular weight is 309 g/mol. The maximum Gasteiger partial charge on any atom is 0.242 e. The summed E-state index contributed by atoms with van der Waals surface area (Å²) in [4.78, 5) is 0.0203. The first-order valence-corrected chi connectivity index (χ1v) is 8.36. The lowest BCUT2D eigenvalue weighted by molar-refractivity contribution is 0.571. The van der Waals surface area contributed by atoms with E-state index in [-0.39, 0.29) is 15.3 Å². The van der Waals surface area contributed by atoms with Crippen molar-refractivity contribution in [2.45, 2.75) is 23.5 Å². The molecule has 0 saturated carbocycles. The van der Waals surface area contributed by atoms with Gasteiger partial charge in [-0.15, -0.1) is 0 Å². The molecule has 4 nitrogen and oxygen atoms in total. The second-order valence-corrected chi connectivity index (χ2v) is 8.16. The third-order valence-corrected chi connectivity index (χ3v) is 5.45. The van der Waals surface area contributed by atoms with E-state index >= 15 is 0 Å². The number of rotatable bonds is 5. The molecule has 0 amide bonds. The van der Waals surface area contributed by atoms with Crippen molar-refractivity contribution in [1.29, 1.82) is 0 Å². The molecule has 0 saturated heterocycles. The standard InChI is InChI=1S/C11H17ClN2O2S2/c1-11(2,17-3)7-14-18(15,16)10-6-8(12)4-5-9(10)13/h4-6,14H,7,13H2,1-3H3. The van der Waals surface area contributed by atoms with Crippen molar-refractivity contribution in [2.75, 3.05) is 18.5 Å². The number of halogens is 1. The van der Waals surface area contributed by atoms with Crippen LogP contribution in [-0.2, 0) is 10.0 Å². The monoisotopic (exact) mass is 308 g/mol. The Labute approximate surface area is 117 Å². The van der Waals surface area contributed by atoms with Crippen molar-refractivity contribution in [1.82, 2.24) is 4.72 Å². The van der Waals surface area contributed by atoms with E-state index in [9.17, 15) is 8.42 Å². The number of anilines is 1. The van der Waals surface area contributed by atoms with Gasteiger partial charge in [-0.3, -0.25) is 0 Å². The largest absolute Gasteiger partial charge is 0.398 e. The van der Waals surface area contributed by atoms with Gasteiger partial charge < -0.3 is 5.73 Å². The summed E-state index contributed by atoms with van der Waals surface area (Å²) in [5.74, 6) is 0.